The first-order chi connectivity index (χ1) is 22.3. The van der Waals surface area contributed by atoms with Gasteiger partial charge in [0.2, 0.25) is 0 Å². The molecule has 2 aliphatic carbocycles. The number of sulfone groups is 1. The Labute approximate surface area is 274 Å². The fourth-order valence-electron chi connectivity index (χ4n) is 7.60. The second kappa shape index (κ2) is 12.8. The van der Waals surface area contributed by atoms with Gasteiger partial charge in [0.15, 0.2) is 27.3 Å². The SMILES string of the molecule is COC(=O)C1CON(Cc2ccccc2)[C@H]1[C@]1(O)CC2CCC(C1)[C@H]2S(=O)(=O)c1cc(C(=O)Nc2cc(F)c(F)c(F)c2)ccc1Cl. The topological polar surface area (TPSA) is 122 Å². The summed E-state index contributed by atoms with van der Waals surface area (Å²) in [6.07, 6.45) is 1.15. The molecular formula is C33H32ClF3N2O7S. The molecule has 1 amide bonds. The average Bonchev–Trinajstić information content (AvgIpc) is 3.59. The van der Waals surface area contributed by atoms with Gasteiger partial charge in [-0.1, -0.05) is 41.9 Å². The van der Waals surface area contributed by atoms with Crippen molar-refractivity contribution in [3.63, 3.8) is 0 Å². The molecule has 0 spiro atoms. The summed E-state index contributed by atoms with van der Waals surface area (Å²) in [6, 6.07) is 13.4. The van der Waals surface area contributed by atoms with Crippen molar-refractivity contribution in [1.29, 1.82) is 0 Å². The van der Waals surface area contributed by atoms with Gasteiger partial charge in [-0.05, 0) is 61.3 Å². The molecule has 14 heteroatoms. The van der Waals surface area contributed by atoms with Gasteiger partial charge in [-0.3, -0.25) is 14.4 Å². The van der Waals surface area contributed by atoms with Crippen molar-refractivity contribution < 1.29 is 45.9 Å². The third-order valence-electron chi connectivity index (χ3n) is 9.52. The van der Waals surface area contributed by atoms with E-state index in [1.807, 2.05) is 30.3 Å². The molecule has 47 heavy (non-hydrogen) atoms. The molecule has 3 aromatic carbocycles. The van der Waals surface area contributed by atoms with E-state index < -0.39 is 73.8 Å². The Kier molecular flexibility index (Phi) is 9.13. The molecule has 3 aromatic rings. The largest absolute Gasteiger partial charge is 0.469 e. The van der Waals surface area contributed by atoms with Gasteiger partial charge in [-0.25, -0.2) is 21.6 Å². The van der Waals surface area contributed by atoms with Crippen LogP contribution in [0.15, 0.2) is 65.6 Å². The second-order valence-electron chi connectivity index (χ2n) is 12.4. The standard InChI is InChI=1S/C33H32ClF3N2O7S/c1-45-32(41)23-17-46-39(16-18-5-3-2-4-6-18)30(23)33(42)14-20-7-8-21(15-33)29(20)47(43,44)27-11-19(9-10-24(27)34)31(40)38-22-12-25(35)28(37)26(36)13-22/h2-6,9-13,20-21,23,29-30,42H,7-8,14-17H2,1H3,(H,38,40)/t20?,21?,23?,29-,30-,33-/m1/s1. The number of nitrogens with zero attached hydrogens (tertiary/aromatic N) is 1. The summed E-state index contributed by atoms with van der Waals surface area (Å²) < 4.78 is 74.3. The molecule has 2 bridgehead atoms. The van der Waals surface area contributed by atoms with E-state index in [9.17, 15) is 36.3 Å². The number of nitrogens with one attached hydrogen (secondary N) is 1. The van der Waals surface area contributed by atoms with Crippen LogP contribution in [0.25, 0.3) is 0 Å². The quantitative estimate of drug-likeness (QED) is 0.241. The van der Waals surface area contributed by atoms with Crippen LogP contribution < -0.4 is 5.32 Å². The first-order valence-corrected chi connectivity index (χ1v) is 17.0. The van der Waals surface area contributed by atoms with Crippen molar-refractivity contribution in [2.24, 2.45) is 17.8 Å². The number of anilines is 1. The van der Waals surface area contributed by atoms with Crippen LogP contribution in [0.5, 0.6) is 0 Å². The van der Waals surface area contributed by atoms with Gasteiger partial charge in [-0.15, -0.1) is 0 Å². The van der Waals surface area contributed by atoms with E-state index in [0.717, 1.165) is 11.6 Å². The van der Waals surface area contributed by atoms with Gasteiger partial charge in [0.05, 0.1) is 40.5 Å². The maximum Gasteiger partial charge on any atom is 0.312 e. The average molecular weight is 693 g/mol. The number of carbonyl (C=O) groups excluding carboxylic acids is 2. The van der Waals surface area contributed by atoms with Crippen LogP contribution in [0, 0.1) is 35.2 Å². The Hall–Kier alpha value is -3.49. The number of hydroxylamine groups is 2. The zero-order chi connectivity index (χ0) is 33.7. The molecule has 9 nitrogen and oxygen atoms in total. The van der Waals surface area contributed by atoms with Crippen LogP contribution in [0.4, 0.5) is 18.9 Å². The minimum Gasteiger partial charge on any atom is -0.469 e. The summed E-state index contributed by atoms with van der Waals surface area (Å²) in [4.78, 5) is 31.4. The van der Waals surface area contributed by atoms with Gasteiger partial charge in [-0.2, -0.15) is 5.06 Å². The molecule has 250 valence electrons. The highest BCUT2D eigenvalue weighted by molar-refractivity contribution is 7.92. The molecule has 0 radical (unpaired) electrons. The summed E-state index contributed by atoms with van der Waals surface area (Å²) in [6.45, 7) is 0.297. The summed E-state index contributed by atoms with van der Waals surface area (Å²) in [5.74, 6) is -7.92. The van der Waals surface area contributed by atoms with Crippen molar-refractivity contribution in [3.05, 3.63) is 94.3 Å². The number of hydrogen-bond acceptors (Lipinski definition) is 8. The number of ether oxygens (including phenoxy) is 1. The Morgan fingerprint density at radius 1 is 1.04 bits per heavy atom. The predicted octanol–water partition coefficient (Wildman–Crippen LogP) is 5.31. The van der Waals surface area contributed by atoms with E-state index in [0.29, 0.717) is 31.5 Å². The molecule has 2 N–H and O–H groups in total. The smallest absolute Gasteiger partial charge is 0.312 e. The number of fused-ring (bicyclic) bond motifs is 2. The van der Waals surface area contributed by atoms with Gasteiger partial charge < -0.3 is 15.2 Å². The number of esters is 1. The van der Waals surface area contributed by atoms with Gasteiger partial charge >= 0.3 is 5.97 Å². The number of hydrogen-bond donors (Lipinski definition) is 2. The molecule has 2 saturated carbocycles. The number of rotatable bonds is 8. The van der Waals surface area contributed by atoms with Crippen LogP contribution >= 0.6 is 11.6 Å². The Bertz CT molecular complexity index is 1780. The molecule has 0 aromatic heterocycles. The van der Waals surface area contributed by atoms with Crippen LogP contribution in [-0.4, -0.2) is 61.1 Å². The Morgan fingerprint density at radius 2 is 1.68 bits per heavy atom. The molecule has 4 atom stereocenters. The van der Waals surface area contributed by atoms with E-state index in [1.165, 1.54) is 19.2 Å². The van der Waals surface area contributed by atoms with E-state index in [1.54, 1.807) is 5.06 Å². The lowest BCUT2D eigenvalue weighted by Crippen LogP contribution is -2.59. The van der Waals surface area contributed by atoms with Crippen LogP contribution in [0.2, 0.25) is 5.02 Å². The lowest BCUT2D eigenvalue weighted by molar-refractivity contribution is -0.194. The summed E-state index contributed by atoms with van der Waals surface area (Å²) >= 11 is 6.39. The number of methoxy groups -OCH3 is 1. The molecule has 6 rings (SSSR count). The number of halogens is 4. The summed E-state index contributed by atoms with van der Waals surface area (Å²) in [5.41, 5.74) is -1.09. The summed E-state index contributed by atoms with van der Waals surface area (Å²) in [7, 11) is -2.91. The van der Waals surface area contributed by atoms with E-state index >= 15 is 0 Å². The zero-order valence-corrected chi connectivity index (χ0v) is 26.7. The van der Waals surface area contributed by atoms with Crippen molar-refractivity contribution in [3.8, 4) is 0 Å². The van der Waals surface area contributed by atoms with Crippen molar-refractivity contribution in [2.75, 3.05) is 19.0 Å². The zero-order valence-electron chi connectivity index (χ0n) is 25.2. The second-order valence-corrected chi connectivity index (χ2v) is 14.9. The van der Waals surface area contributed by atoms with E-state index in [4.69, 9.17) is 21.2 Å². The first kappa shape index (κ1) is 33.4. The molecule has 1 saturated heterocycles. The molecule has 1 heterocycles. The lowest BCUT2D eigenvalue weighted by atomic mass is 9.70. The summed E-state index contributed by atoms with van der Waals surface area (Å²) in [5, 5.41) is 15.1. The molecular weight excluding hydrogens is 661 g/mol. The lowest BCUT2D eigenvalue weighted by Gasteiger charge is -2.46. The van der Waals surface area contributed by atoms with Crippen molar-refractivity contribution >= 4 is 39.0 Å². The highest BCUT2D eigenvalue weighted by Crippen LogP contribution is 2.54. The maximum atomic E-state index is 14.2. The number of carbonyl (C=O) groups is 2. The minimum atomic E-state index is -4.18. The number of benzene rings is 3. The number of amides is 1. The fraction of sp³-hybridized carbons (Fsp3) is 0.394. The molecule has 3 unspecified atom stereocenters. The predicted molar refractivity (Wildman–Crippen MR) is 164 cm³/mol. The molecule has 1 aliphatic heterocycles. The van der Waals surface area contributed by atoms with Crippen molar-refractivity contribution in [2.45, 2.75) is 54.0 Å². The minimum absolute atomic E-state index is 0.00517. The highest BCUT2D eigenvalue weighted by Gasteiger charge is 2.61. The molecule has 3 fully saturated rings. The van der Waals surface area contributed by atoms with Crippen LogP contribution in [-0.2, 0) is 30.8 Å². The van der Waals surface area contributed by atoms with Crippen molar-refractivity contribution in [1.82, 2.24) is 5.06 Å². The highest BCUT2D eigenvalue weighted by atomic mass is 35.5. The normalized spacial score (nSPS) is 27.5. The Morgan fingerprint density at radius 3 is 2.30 bits per heavy atom. The Balaban J connectivity index is 1.26. The van der Waals surface area contributed by atoms with Gasteiger partial charge in [0, 0.05) is 29.9 Å². The number of aliphatic hydroxyl groups is 1. The van der Waals surface area contributed by atoms with Crippen LogP contribution in [0.1, 0.15) is 41.6 Å². The monoisotopic (exact) mass is 692 g/mol. The third kappa shape index (κ3) is 6.27. The van der Waals surface area contributed by atoms with Gasteiger partial charge in [0.1, 0.15) is 5.92 Å². The van der Waals surface area contributed by atoms with E-state index in [2.05, 4.69) is 5.32 Å². The third-order valence-corrected chi connectivity index (χ3v) is 12.4. The van der Waals surface area contributed by atoms with E-state index in [-0.39, 0.29) is 40.6 Å². The maximum absolute atomic E-state index is 14.2. The van der Waals surface area contributed by atoms with Gasteiger partial charge in [0.25, 0.3) is 5.91 Å². The fourth-order valence-corrected chi connectivity index (χ4v) is 10.4. The van der Waals surface area contributed by atoms with Crippen LogP contribution in [0.3, 0.4) is 0 Å². The first-order valence-electron chi connectivity index (χ1n) is 15.1. The molecule has 3 aliphatic rings.